The number of allylic oxidation sites excluding steroid dienone is 4. The molecule has 0 aliphatic heterocycles. The third-order valence-electron chi connectivity index (χ3n) is 23.0. The van der Waals surface area contributed by atoms with E-state index in [4.69, 9.17) is 0 Å². The van der Waals surface area contributed by atoms with E-state index in [-0.39, 0.29) is 16.5 Å². The van der Waals surface area contributed by atoms with Crippen molar-refractivity contribution in [2.75, 3.05) is 0 Å². The van der Waals surface area contributed by atoms with Crippen molar-refractivity contribution in [3.8, 4) is 0 Å². The number of hydrogen-bond donors (Lipinski definition) is 0. The molecular weight excluding hydrogens is 1340 g/mol. The molecule has 2 aromatic carbocycles. The normalized spacial score (nSPS) is 11.5. The molecule has 0 aliphatic carbocycles. The number of rotatable bonds is 80. The molecule has 0 heterocycles. The van der Waals surface area contributed by atoms with Crippen molar-refractivity contribution in [2.24, 2.45) is 0 Å². The zero-order valence-electron chi connectivity index (χ0n) is 73.6. The van der Waals surface area contributed by atoms with E-state index in [0.29, 0.717) is 0 Å². The van der Waals surface area contributed by atoms with Crippen LogP contribution in [0.5, 0.6) is 0 Å². The summed E-state index contributed by atoms with van der Waals surface area (Å²) in [7, 11) is 0. The zero-order chi connectivity index (χ0) is 76.7. The molecule has 0 aliphatic rings. The van der Waals surface area contributed by atoms with Gasteiger partial charge in [-0.1, -0.05) is 525 Å². The molecule has 2 nitrogen and oxygen atoms in total. The van der Waals surface area contributed by atoms with Crippen LogP contribution in [0.4, 0.5) is 0 Å². The summed E-state index contributed by atoms with van der Waals surface area (Å²) in [6.07, 6.45) is 113. The van der Waals surface area contributed by atoms with Gasteiger partial charge < -0.3 is 19.4 Å². The Morgan fingerprint density at radius 3 is 0.869 bits per heavy atom. The maximum Gasteiger partial charge on any atom is 2.00 e. The van der Waals surface area contributed by atoms with Crippen LogP contribution >= 0.6 is 0 Å². The third kappa shape index (κ3) is 74.7. The zero-order valence-corrected chi connectivity index (χ0v) is 74.5. The van der Waals surface area contributed by atoms with Crippen molar-refractivity contribution in [2.45, 2.75) is 542 Å². The molecule has 0 amide bonds. The second-order valence-electron chi connectivity index (χ2n) is 33.3. The van der Waals surface area contributed by atoms with Crippen molar-refractivity contribution in [1.82, 2.24) is 0 Å². The minimum absolute atomic E-state index is 0. The van der Waals surface area contributed by atoms with Gasteiger partial charge in [-0.15, -0.1) is 4.79 Å². The minimum Gasteiger partial charge on any atom is -0.348 e. The Kier molecular flexibility index (Phi) is 92.1. The fourth-order valence-corrected chi connectivity index (χ4v) is 15.9. The van der Waals surface area contributed by atoms with Crippen LogP contribution in [0.3, 0.4) is 0 Å². The van der Waals surface area contributed by atoms with Gasteiger partial charge >= 0.3 is 22.4 Å². The first kappa shape index (κ1) is 107. The van der Waals surface area contributed by atoms with E-state index in [2.05, 4.69) is 127 Å². The van der Waals surface area contributed by atoms with Crippen LogP contribution in [0, 0.1) is 13.8 Å². The Balaban J connectivity index is 0. The van der Waals surface area contributed by atoms with Crippen molar-refractivity contribution < 1.29 is 21.3 Å². The van der Waals surface area contributed by atoms with E-state index in [1.165, 1.54) is 457 Å². The first-order chi connectivity index (χ1) is 52.5. The fraction of sp³-hybridized carbons (Fsp3) is 0.808. The predicted molar refractivity (Wildman–Crippen MR) is 483 cm³/mol. The predicted octanol–water partition coefficient (Wildman–Crippen LogP) is 37.4. The van der Waals surface area contributed by atoms with Crippen LogP contribution in [0.15, 0.2) is 71.8 Å². The van der Waals surface area contributed by atoms with E-state index < -0.39 is 0 Å². The van der Waals surface area contributed by atoms with Crippen molar-refractivity contribution in [3.05, 3.63) is 113 Å². The van der Waals surface area contributed by atoms with E-state index in [1.807, 2.05) is 0 Å². The molecule has 0 spiro atoms. The van der Waals surface area contributed by atoms with Gasteiger partial charge in [-0.25, -0.2) is 0 Å². The molecule has 0 saturated carbocycles. The van der Waals surface area contributed by atoms with Gasteiger partial charge in [-0.2, -0.15) is 12.8 Å². The molecular formula is C104H188N2Ni. The van der Waals surface area contributed by atoms with Crippen LogP contribution in [0.1, 0.15) is 552 Å². The van der Waals surface area contributed by atoms with Crippen molar-refractivity contribution in [3.63, 3.8) is 0 Å². The second kappa shape index (κ2) is 92.4. The average molecular weight is 1530 g/mol. The van der Waals surface area contributed by atoms with Gasteiger partial charge in [-0.05, 0) is 98.1 Å². The summed E-state index contributed by atoms with van der Waals surface area (Å²) >= 11 is 0. The van der Waals surface area contributed by atoms with Gasteiger partial charge in [-0.3, -0.25) is 0 Å². The molecule has 107 heavy (non-hydrogen) atoms. The fourth-order valence-electron chi connectivity index (χ4n) is 15.9. The molecule has 3 heteroatoms. The Hall–Kier alpha value is -2.43. The molecule has 0 N–H and O–H groups in total. The Morgan fingerprint density at radius 1 is 0.318 bits per heavy atom. The number of unbranched alkanes of at least 4 members (excludes halogenated alkanes) is 68. The molecule has 0 radical (unpaired) electrons. The van der Waals surface area contributed by atoms with Crippen LogP contribution in [-0.4, -0.2) is 10.7 Å². The summed E-state index contributed by atoms with van der Waals surface area (Å²) < 4.78 is 0. The summed E-state index contributed by atoms with van der Waals surface area (Å²) in [5, 5.41) is 0. The van der Waals surface area contributed by atoms with Crippen LogP contribution in [-0.2, 0) is 29.3 Å². The summed E-state index contributed by atoms with van der Waals surface area (Å²) in [5.74, 6) is 3.05. The molecule has 624 valence electrons. The van der Waals surface area contributed by atoms with E-state index in [0.717, 1.165) is 82.6 Å². The Morgan fingerprint density at radius 2 is 0.589 bits per heavy atom. The molecule has 0 fully saturated rings. The number of nitrogens with zero attached hydrogens (tertiary/aromatic N) is 2. The quantitative estimate of drug-likeness (QED) is 0.00925. The molecule has 2 rings (SSSR count). The molecule has 0 atom stereocenters. The van der Waals surface area contributed by atoms with Crippen LogP contribution < -0.4 is 0 Å². The maximum atomic E-state index is 9.72. The Labute approximate surface area is 684 Å². The standard InChI is InChI=1S/C54H86N2.2C25H51.Ni/c1-5-9-13-15-16-17-18-19-20-21-22-23-24-25-26-27-28-29-30-31-32-33-37-48-43-45-50(46-44-48)54(52-42-36-35-40-49(52)39-34-14-10-6-2)53(41-12-8-4)51(47-56-55)38-11-7-3;2*1-3-5-7-9-11-13-15-17-19-21-23-25-24-22-20-18-16-14-12-10-8-6-4-2;/h6,10,35-36,40,42-46H,5,7-9,11-34,37-39,41H2,1-4H3;2*1,3-25H2,2H3;/q;2*-1;+2. The molecule has 2 aromatic rings. The summed E-state index contributed by atoms with van der Waals surface area (Å²) in [6, 6.07) is 18.5. The van der Waals surface area contributed by atoms with E-state index in [1.54, 1.807) is 0 Å². The first-order valence-corrected chi connectivity index (χ1v) is 48.6. The third-order valence-corrected chi connectivity index (χ3v) is 23.0. The number of hydrogen-bond acceptors (Lipinski definition) is 0. The topological polar surface area (TPSA) is 36.4 Å². The largest absolute Gasteiger partial charge is 2.00 e. The summed E-state index contributed by atoms with van der Waals surface area (Å²) in [5.41, 5.74) is 18.8. The van der Waals surface area contributed by atoms with Gasteiger partial charge in [0.25, 0.3) is 0 Å². The Bertz CT molecular complexity index is 2080. The second-order valence-corrected chi connectivity index (χ2v) is 33.3. The first-order valence-electron chi connectivity index (χ1n) is 48.6. The molecule has 0 aromatic heterocycles. The minimum atomic E-state index is 0. The molecule has 0 unspecified atom stereocenters. The van der Waals surface area contributed by atoms with Gasteiger partial charge in [0, 0.05) is 0 Å². The van der Waals surface area contributed by atoms with Crippen molar-refractivity contribution >= 4 is 11.4 Å². The maximum absolute atomic E-state index is 9.72. The summed E-state index contributed by atoms with van der Waals surface area (Å²) in [4.78, 5) is 3.47. The van der Waals surface area contributed by atoms with Gasteiger partial charge in [0.05, 0.1) is 5.57 Å². The average Bonchev–Trinajstić information content (AvgIpc) is 0.794. The SMILES string of the molecule is CC=CCCCc1ccccc1C(=C(CCCC)C(=C=[N+]=[N-])CCCC)c1ccc(CCCCCCCCCCCCCCCCCCCCCCCC)cc1.[CH2-]CCCCCCCCCCCCCCCCCCCCCCCC.[CH2-]CCCCCCCCCCCCCCCCCCCCCCCC.[Ni+2]. The monoisotopic (exact) mass is 1520 g/mol. The van der Waals surface area contributed by atoms with Crippen LogP contribution in [0.25, 0.3) is 11.1 Å². The summed E-state index contributed by atoms with van der Waals surface area (Å²) in [6.45, 7) is 21.3. The van der Waals surface area contributed by atoms with Gasteiger partial charge in [0.1, 0.15) is 0 Å². The van der Waals surface area contributed by atoms with E-state index >= 15 is 0 Å². The van der Waals surface area contributed by atoms with Gasteiger partial charge in [0.2, 0.25) is 0 Å². The van der Waals surface area contributed by atoms with E-state index in [9.17, 15) is 5.53 Å². The number of benzene rings is 2. The number of aryl methyl sites for hydroxylation is 2. The molecule has 0 saturated heterocycles. The van der Waals surface area contributed by atoms with Crippen LogP contribution in [0.2, 0.25) is 0 Å². The molecule has 0 bridgehead atoms. The van der Waals surface area contributed by atoms with Gasteiger partial charge in [0.15, 0.2) is 0 Å². The smallest absolute Gasteiger partial charge is 0.348 e. The van der Waals surface area contributed by atoms with Crippen molar-refractivity contribution in [1.29, 1.82) is 0 Å².